The van der Waals surface area contributed by atoms with E-state index in [4.69, 9.17) is 4.74 Å². The zero-order valence-electron chi connectivity index (χ0n) is 10.3. The average molecular weight is 237 g/mol. The maximum atomic E-state index is 13.1. The molecule has 0 amide bonds. The van der Waals surface area contributed by atoms with Crippen molar-refractivity contribution < 1.29 is 9.13 Å². The van der Waals surface area contributed by atoms with Crippen molar-refractivity contribution in [3.8, 4) is 0 Å². The van der Waals surface area contributed by atoms with E-state index in [0.29, 0.717) is 6.10 Å². The van der Waals surface area contributed by atoms with E-state index in [1.54, 1.807) is 6.07 Å². The van der Waals surface area contributed by atoms with Gasteiger partial charge in [-0.1, -0.05) is 0 Å². The lowest BCUT2D eigenvalue weighted by molar-refractivity contribution is 0.103. The monoisotopic (exact) mass is 237 g/mol. The molecule has 1 N–H and O–H groups in total. The number of ether oxygens (including phenoxy) is 1. The van der Waals surface area contributed by atoms with E-state index >= 15 is 0 Å². The Morgan fingerprint density at radius 2 is 2.29 bits per heavy atom. The third-order valence-electron chi connectivity index (χ3n) is 3.10. The number of hydrogen-bond donors (Lipinski definition) is 1. The molecule has 0 bridgehead atoms. The van der Waals surface area contributed by atoms with Gasteiger partial charge in [-0.15, -0.1) is 0 Å². The third-order valence-corrected chi connectivity index (χ3v) is 3.10. The minimum absolute atomic E-state index is 0.174. The largest absolute Gasteiger partial charge is 0.385 e. The van der Waals surface area contributed by atoms with Crippen molar-refractivity contribution in [2.75, 3.05) is 18.5 Å². The molecule has 1 atom stereocenters. The van der Waals surface area contributed by atoms with E-state index in [9.17, 15) is 4.39 Å². The first-order chi connectivity index (χ1) is 8.24. The van der Waals surface area contributed by atoms with Crippen LogP contribution in [-0.4, -0.2) is 19.3 Å². The lowest BCUT2D eigenvalue weighted by Crippen LogP contribution is -2.09. The van der Waals surface area contributed by atoms with Gasteiger partial charge >= 0.3 is 0 Å². The Morgan fingerprint density at radius 1 is 1.41 bits per heavy atom. The molecule has 0 radical (unpaired) electrons. The standard InChI is InChI=1S/C14H20FNO/c1-11-8-12(15)10-13(9-11)16-6-2-4-14-5-3-7-17-14/h8-10,14,16H,2-7H2,1H3. The summed E-state index contributed by atoms with van der Waals surface area (Å²) in [7, 11) is 0. The van der Waals surface area contributed by atoms with Crippen LogP contribution < -0.4 is 5.32 Å². The van der Waals surface area contributed by atoms with Gasteiger partial charge in [0.15, 0.2) is 0 Å². The predicted molar refractivity (Wildman–Crippen MR) is 67.8 cm³/mol. The summed E-state index contributed by atoms with van der Waals surface area (Å²) in [5, 5.41) is 3.25. The number of hydrogen-bond acceptors (Lipinski definition) is 2. The number of benzene rings is 1. The Kier molecular flexibility index (Phi) is 4.37. The highest BCUT2D eigenvalue weighted by Gasteiger charge is 2.14. The molecule has 1 saturated heterocycles. The molecule has 1 heterocycles. The summed E-state index contributed by atoms with van der Waals surface area (Å²) in [6.45, 7) is 3.70. The molecule has 0 aliphatic carbocycles. The lowest BCUT2D eigenvalue weighted by Gasteiger charge is -2.10. The van der Waals surface area contributed by atoms with Gasteiger partial charge < -0.3 is 10.1 Å². The highest BCUT2D eigenvalue weighted by Crippen LogP contribution is 2.17. The molecule has 1 aliphatic rings. The van der Waals surface area contributed by atoms with E-state index in [0.717, 1.165) is 37.2 Å². The summed E-state index contributed by atoms with van der Waals surface area (Å²) in [4.78, 5) is 0. The first-order valence-electron chi connectivity index (χ1n) is 6.37. The predicted octanol–water partition coefficient (Wildman–Crippen LogP) is 3.51. The van der Waals surface area contributed by atoms with Crippen LogP contribution in [0.15, 0.2) is 18.2 Å². The summed E-state index contributed by atoms with van der Waals surface area (Å²) in [5.41, 5.74) is 1.82. The van der Waals surface area contributed by atoms with Crippen LogP contribution in [-0.2, 0) is 4.74 Å². The van der Waals surface area contributed by atoms with Crippen molar-refractivity contribution in [2.24, 2.45) is 0 Å². The molecule has 0 spiro atoms. The molecular formula is C14H20FNO. The van der Waals surface area contributed by atoms with Gasteiger partial charge in [0.25, 0.3) is 0 Å². The van der Waals surface area contributed by atoms with Gasteiger partial charge in [-0.05, 0) is 56.4 Å². The van der Waals surface area contributed by atoms with Crippen molar-refractivity contribution in [1.29, 1.82) is 0 Å². The molecule has 1 unspecified atom stereocenters. The molecule has 1 aromatic carbocycles. The van der Waals surface area contributed by atoms with E-state index in [2.05, 4.69) is 5.32 Å². The molecule has 94 valence electrons. The van der Waals surface area contributed by atoms with Crippen molar-refractivity contribution in [3.05, 3.63) is 29.6 Å². The molecule has 2 rings (SSSR count). The molecule has 0 saturated carbocycles. The van der Waals surface area contributed by atoms with Crippen LogP contribution in [0.5, 0.6) is 0 Å². The van der Waals surface area contributed by atoms with Gasteiger partial charge in [-0.2, -0.15) is 0 Å². The van der Waals surface area contributed by atoms with Gasteiger partial charge in [0.1, 0.15) is 5.82 Å². The van der Waals surface area contributed by atoms with Gasteiger partial charge in [-0.3, -0.25) is 0 Å². The Morgan fingerprint density at radius 3 is 3.00 bits per heavy atom. The number of aryl methyl sites for hydroxylation is 1. The Hall–Kier alpha value is -1.09. The summed E-state index contributed by atoms with van der Waals surface area (Å²) in [6, 6.07) is 5.05. The van der Waals surface area contributed by atoms with E-state index in [1.165, 1.54) is 18.9 Å². The summed E-state index contributed by atoms with van der Waals surface area (Å²) in [6.07, 6.45) is 5.01. The fraction of sp³-hybridized carbons (Fsp3) is 0.571. The Labute approximate surface area is 102 Å². The second-order valence-corrected chi connectivity index (χ2v) is 4.72. The van der Waals surface area contributed by atoms with Gasteiger partial charge in [0.2, 0.25) is 0 Å². The SMILES string of the molecule is Cc1cc(F)cc(NCCCC2CCCO2)c1. The maximum Gasteiger partial charge on any atom is 0.125 e. The Balaban J connectivity index is 1.70. The number of rotatable bonds is 5. The summed E-state index contributed by atoms with van der Waals surface area (Å²) in [5.74, 6) is -0.174. The topological polar surface area (TPSA) is 21.3 Å². The molecule has 3 heteroatoms. The minimum atomic E-state index is -0.174. The van der Waals surface area contributed by atoms with Crippen LogP contribution >= 0.6 is 0 Å². The smallest absolute Gasteiger partial charge is 0.125 e. The normalized spacial score (nSPS) is 19.5. The fourth-order valence-corrected chi connectivity index (χ4v) is 2.27. The third kappa shape index (κ3) is 4.00. The van der Waals surface area contributed by atoms with Crippen molar-refractivity contribution >= 4 is 5.69 Å². The number of nitrogens with one attached hydrogen (secondary N) is 1. The van der Waals surface area contributed by atoms with Crippen LogP contribution in [0.2, 0.25) is 0 Å². The maximum absolute atomic E-state index is 13.1. The van der Waals surface area contributed by atoms with Crippen LogP contribution in [0.25, 0.3) is 0 Å². The molecule has 1 fully saturated rings. The van der Waals surface area contributed by atoms with E-state index in [-0.39, 0.29) is 5.82 Å². The van der Waals surface area contributed by atoms with Gasteiger partial charge in [0.05, 0.1) is 6.10 Å². The van der Waals surface area contributed by atoms with Crippen LogP contribution in [0, 0.1) is 12.7 Å². The van der Waals surface area contributed by atoms with E-state index < -0.39 is 0 Å². The van der Waals surface area contributed by atoms with Gasteiger partial charge in [-0.25, -0.2) is 4.39 Å². The second-order valence-electron chi connectivity index (χ2n) is 4.72. The van der Waals surface area contributed by atoms with Crippen molar-refractivity contribution in [3.63, 3.8) is 0 Å². The average Bonchev–Trinajstić information content (AvgIpc) is 2.76. The molecule has 2 nitrogen and oxygen atoms in total. The fourth-order valence-electron chi connectivity index (χ4n) is 2.27. The van der Waals surface area contributed by atoms with Crippen molar-refractivity contribution in [1.82, 2.24) is 0 Å². The lowest BCUT2D eigenvalue weighted by atomic mass is 10.1. The number of anilines is 1. The van der Waals surface area contributed by atoms with Crippen LogP contribution in [0.3, 0.4) is 0 Å². The molecule has 1 aliphatic heterocycles. The van der Waals surface area contributed by atoms with Gasteiger partial charge in [0, 0.05) is 18.8 Å². The molecule has 17 heavy (non-hydrogen) atoms. The van der Waals surface area contributed by atoms with Crippen molar-refractivity contribution in [2.45, 2.75) is 38.7 Å². The first-order valence-corrected chi connectivity index (χ1v) is 6.37. The van der Waals surface area contributed by atoms with E-state index in [1.807, 2.05) is 13.0 Å². The zero-order chi connectivity index (χ0) is 12.1. The van der Waals surface area contributed by atoms with Crippen LogP contribution in [0.4, 0.5) is 10.1 Å². The molecule has 1 aromatic rings. The quantitative estimate of drug-likeness (QED) is 0.791. The number of halogens is 1. The Bertz CT molecular complexity index is 341. The molecular weight excluding hydrogens is 217 g/mol. The highest BCUT2D eigenvalue weighted by atomic mass is 19.1. The molecule has 0 aromatic heterocycles. The minimum Gasteiger partial charge on any atom is -0.385 e. The second kappa shape index (κ2) is 6.01. The zero-order valence-corrected chi connectivity index (χ0v) is 10.3. The highest BCUT2D eigenvalue weighted by molar-refractivity contribution is 5.45. The van der Waals surface area contributed by atoms with Crippen LogP contribution in [0.1, 0.15) is 31.2 Å². The first kappa shape index (κ1) is 12.4. The summed E-state index contributed by atoms with van der Waals surface area (Å²) >= 11 is 0. The summed E-state index contributed by atoms with van der Waals surface area (Å²) < 4.78 is 18.7.